The molecule has 0 radical (unpaired) electrons. The van der Waals surface area contributed by atoms with Crippen LogP contribution in [0.15, 0.2) is 0 Å². The maximum atomic E-state index is 3.64. The van der Waals surface area contributed by atoms with Crippen LogP contribution in [0.2, 0.25) is 0 Å². The fourth-order valence-electron chi connectivity index (χ4n) is 12.2. The first-order valence-electron chi connectivity index (χ1n) is 35.1. The van der Waals surface area contributed by atoms with Crippen molar-refractivity contribution in [3.8, 4) is 0 Å². The van der Waals surface area contributed by atoms with E-state index in [0.717, 1.165) is 114 Å². The van der Waals surface area contributed by atoms with Gasteiger partial charge in [-0.25, -0.2) is 0 Å². The Hall–Kier alpha value is -0.240. The maximum absolute atomic E-state index is 3.64. The maximum Gasteiger partial charge on any atom is 0.00696 e. The Morgan fingerprint density at radius 1 is 0.354 bits per heavy atom. The molecule has 0 aromatic carbocycles. The zero-order chi connectivity index (χ0) is 61.1. The van der Waals surface area contributed by atoms with Gasteiger partial charge in [0.1, 0.15) is 0 Å². The second kappa shape index (κ2) is 46.0. The lowest BCUT2D eigenvalue weighted by Gasteiger charge is -2.37. The predicted octanol–water partition coefficient (Wildman–Crippen LogP) is 19.6. The Labute approximate surface area is 502 Å². The molecule has 0 aromatic rings. The van der Waals surface area contributed by atoms with E-state index in [2.05, 4.69) is 231 Å². The van der Waals surface area contributed by atoms with E-state index in [0.29, 0.717) is 18.1 Å². The SMILES string of the molecule is CC(C)C1CCC(C(C)C)CC1.CC(C)C1CCCN(C(C)C)C1.CC(C)C1CCN(C(C)C)C1.CC(C)CCN(C)C(C)C.CC(C)CCNC(C)C.CC(C)NC1CCC(C(C)C)CC1.CC(C)[C@@H]1CCCN(C(C)C)C1. The number of piperidine rings is 2. The minimum absolute atomic E-state index is 0.642. The van der Waals surface area contributed by atoms with E-state index in [-0.39, 0.29) is 0 Å². The van der Waals surface area contributed by atoms with Crippen molar-refractivity contribution in [2.75, 3.05) is 59.4 Å². The van der Waals surface area contributed by atoms with Crippen LogP contribution in [-0.2, 0) is 0 Å². The molecular weight excluding hydrogens is 961 g/mol. The third-order valence-electron chi connectivity index (χ3n) is 19.5. The summed E-state index contributed by atoms with van der Waals surface area (Å²) in [5.41, 5.74) is 0. The summed E-state index contributed by atoms with van der Waals surface area (Å²) in [7, 11) is 2.19. The Kier molecular flexibility index (Phi) is 47.1. The quantitative estimate of drug-likeness (QED) is 0.134. The first kappa shape index (κ1) is 80.8. The zero-order valence-electron chi connectivity index (χ0n) is 60.2. The molecule has 2 aliphatic carbocycles. The largest absolute Gasteiger partial charge is 0.315 e. The van der Waals surface area contributed by atoms with Gasteiger partial charge in [0, 0.05) is 61.9 Å². The lowest BCUT2D eigenvalue weighted by molar-refractivity contribution is 0.117. The molecule has 6 nitrogen and oxygen atoms in total. The number of nitrogens with zero attached hydrogens (tertiary/aromatic N) is 4. The fourth-order valence-corrected chi connectivity index (χ4v) is 12.2. The summed E-state index contributed by atoms with van der Waals surface area (Å²) < 4.78 is 0. The molecule has 5 rings (SSSR count). The molecular formula is C73H156N6. The lowest BCUT2D eigenvalue weighted by Crippen LogP contribution is -2.41. The van der Waals surface area contributed by atoms with Crippen LogP contribution in [-0.4, -0.2) is 121 Å². The number of likely N-dealkylation sites (tertiary alicyclic amines) is 3. The Balaban J connectivity index is 0. The molecule has 2 saturated carbocycles. The van der Waals surface area contributed by atoms with Crippen LogP contribution < -0.4 is 10.6 Å². The van der Waals surface area contributed by atoms with Crippen LogP contribution in [0.3, 0.4) is 0 Å². The third kappa shape index (κ3) is 41.5. The van der Waals surface area contributed by atoms with Crippen molar-refractivity contribution >= 4 is 0 Å². The van der Waals surface area contributed by atoms with E-state index in [9.17, 15) is 0 Å². The molecule has 3 heterocycles. The van der Waals surface area contributed by atoms with Gasteiger partial charge in [-0.05, 0) is 274 Å². The summed E-state index contributed by atoms with van der Waals surface area (Å²) in [5.74, 6) is 12.9. The van der Waals surface area contributed by atoms with Crippen molar-refractivity contribution in [1.29, 1.82) is 0 Å². The van der Waals surface area contributed by atoms with Gasteiger partial charge in [0.15, 0.2) is 0 Å². The average Bonchev–Trinajstić information content (AvgIpc) is 3.89. The Bertz CT molecular complexity index is 1220. The van der Waals surface area contributed by atoms with E-state index in [1.54, 1.807) is 0 Å². The van der Waals surface area contributed by atoms with Crippen molar-refractivity contribution in [3.05, 3.63) is 0 Å². The monoisotopic (exact) mass is 1120 g/mol. The Morgan fingerprint density at radius 3 is 0.924 bits per heavy atom. The molecule has 79 heavy (non-hydrogen) atoms. The second-order valence-electron chi connectivity index (χ2n) is 31.2. The van der Waals surface area contributed by atoms with E-state index < -0.39 is 0 Å². The molecule has 3 aliphatic heterocycles. The molecule has 2 N–H and O–H groups in total. The first-order chi connectivity index (χ1) is 36.7. The van der Waals surface area contributed by atoms with E-state index in [1.807, 2.05) is 0 Å². The topological polar surface area (TPSA) is 37.0 Å². The van der Waals surface area contributed by atoms with Gasteiger partial charge in [-0.2, -0.15) is 0 Å². The molecule has 3 saturated heterocycles. The summed E-state index contributed by atoms with van der Waals surface area (Å²) in [5, 5.41) is 7.02. The Morgan fingerprint density at radius 2 is 0.671 bits per heavy atom. The highest BCUT2D eigenvalue weighted by atomic mass is 15.2. The molecule has 5 fully saturated rings. The predicted molar refractivity (Wildman–Crippen MR) is 362 cm³/mol. The van der Waals surface area contributed by atoms with Crippen LogP contribution in [0.4, 0.5) is 0 Å². The molecule has 5 aliphatic rings. The summed E-state index contributed by atoms with van der Waals surface area (Å²) in [6.07, 6.45) is 21.3. The lowest BCUT2D eigenvalue weighted by atomic mass is 9.73. The van der Waals surface area contributed by atoms with Gasteiger partial charge in [0.2, 0.25) is 0 Å². The molecule has 0 aromatic heterocycles. The molecule has 0 spiro atoms. The van der Waals surface area contributed by atoms with Gasteiger partial charge in [0.05, 0.1) is 0 Å². The minimum atomic E-state index is 0.642. The van der Waals surface area contributed by atoms with E-state index >= 15 is 0 Å². The molecule has 3 atom stereocenters. The van der Waals surface area contributed by atoms with Gasteiger partial charge in [0.25, 0.3) is 0 Å². The number of hydrogen-bond donors (Lipinski definition) is 2. The van der Waals surface area contributed by atoms with Crippen molar-refractivity contribution < 1.29 is 0 Å². The minimum Gasteiger partial charge on any atom is -0.315 e. The van der Waals surface area contributed by atoms with E-state index in [1.165, 1.54) is 142 Å². The molecule has 478 valence electrons. The van der Waals surface area contributed by atoms with Crippen molar-refractivity contribution in [2.24, 2.45) is 82.9 Å². The number of rotatable bonds is 19. The van der Waals surface area contributed by atoms with Gasteiger partial charge >= 0.3 is 0 Å². The van der Waals surface area contributed by atoms with Crippen LogP contribution in [0, 0.1) is 82.9 Å². The molecule has 0 amide bonds. The highest BCUT2D eigenvalue weighted by Crippen LogP contribution is 2.36. The van der Waals surface area contributed by atoms with Gasteiger partial charge in [-0.3, -0.25) is 0 Å². The summed E-state index contributed by atoms with van der Waals surface area (Å²) >= 11 is 0. The van der Waals surface area contributed by atoms with Crippen molar-refractivity contribution in [2.45, 2.75) is 332 Å². The van der Waals surface area contributed by atoms with Crippen LogP contribution in [0.25, 0.3) is 0 Å². The van der Waals surface area contributed by atoms with Crippen LogP contribution >= 0.6 is 0 Å². The highest BCUT2D eigenvalue weighted by molar-refractivity contribution is 4.82. The van der Waals surface area contributed by atoms with Crippen molar-refractivity contribution in [1.82, 2.24) is 30.2 Å². The van der Waals surface area contributed by atoms with Crippen molar-refractivity contribution in [3.63, 3.8) is 0 Å². The smallest absolute Gasteiger partial charge is 0.00696 e. The zero-order valence-corrected chi connectivity index (χ0v) is 60.2. The molecule has 2 unspecified atom stereocenters. The second-order valence-corrected chi connectivity index (χ2v) is 31.2. The summed E-state index contributed by atoms with van der Waals surface area (Å²) in [4.78, 5) is 10.2. The van der Waals surface area contributed by atoms with Crippen LogP contribution in [0.5, 0.6) is 0 Å². The normalized spacial score (nSPS) is 24.5. The highest BCUT2D eigenvalue weighted by Gasteiger charge is 2.28. The molecule has 6 heteroatoms. The number of nitrogens with one attached hydrogen (secondary N) is 2. The average molecular weight is 1120 g/mol. The van der Waals surface area contributed by atoms with E-state index in [4.69, 9.17) is 0 Å². The van der Waals surface area contributed by atoms with Gasteiger partial charge in [-0.15, -0.1) is 0 Å². The first-order valence-corrected chi connectivity index (χ1v) is 35.1. The van der Waals surface area contributed by atoms with Crippen LogP contribution in [0.1, 0.15) is 290 Å². The number of hydrogen-bond acceptors (Lipinski definition) is 6. The summed E-state index contributed by atoms with van der Waals surface area (Å²) in [6.45, 7) is 74.9. The standard InChI is InChI=1S/C12H25N.C12H24.2C11H23N.C10H21N.C9H21N.C8H19N/c1-9(2)11-5-7-12(8-6-11)13-10(3)4;1-9(2)11-5-7-12(8-6-11)10(3)4;2*1-9(2)11-6-5-7-12(8-11)10(3)4;1-8(2)10-5-6-11(7-10)9(3)4;1-8(2)6-7-10(5)9(3)4;1-7(2)5-6-9-8(3)4/h9-13H,5-8H2,1-4H3;9-12H,5-8H2,1-4H3;2*9-11H,5-8H2,1-4H3;8-10H,5-7H2,1-4H3;8-9H,6-7H2,1-5H3;7-9H,5-6H2,1-4H3/t;;11-;;;;/m..1..../s1. The van der Waals surface area contributed by atoms with Gasteiger partial charge in [-0.1, -0.05) is 138 Å². The molecule has 0 bridgehead atoms. The summed E-state index contributed by atoms with van der Waals surface area (Å²) in [6, 6.07) is 5.02. The van der Waals surface area contributed by atoms with Gasteiger partial charge < -0.3 is 30.2 Å². The fraction of sp³-hybridized carbons (Fsp3) is 1.00. The third-order valence-corrected chi connectivity index (χ3v) is 19.5.